The number of carbonyl (C=O) groups is 5. The fourth-order valence-corrected chi connectivity index (χ4v) is 4.14. The monoisotopic (exact) mass is 540 g/mol. The Balaban J connectivity index is 4.38. The van der Waals surface area contributed by atoms with E-state index in [2.05, 4.69) is 15.3 Å². The maximum absolute atomic E-state index is 11.9. The highest BCUT2D eigenvalue weighted by atomic mass is 32.3. The molecule has 0 unspecified atom stereocenters. The average molecular weight is 541 g/mol. The normalized spacial score (nSPS) is 11.6. The Kier molecular flexibility index (Phi) is 16.3. The predicted octanol–water partition coefficient (Wildman–Crippen LogP) is 2.81. The minimum atomic E-state index is -5.47. The van der Waals surface area contributed by atoms with Gasteiger partial charge in [0.05, 0.1) is 32.3 Å². The highest BCUT2D eigenvalue weighted by Crippen LogP contribution is 2.25. The third-order valence-electron chi connectivity index (χ3n) is 5.01. The van der Waals surface area contributed by atoms with E-state index >= 15 is 0 Å². The number of carboxylic acids is 3. The molecule has 0 aliphatic heterocycles. The largest absolute Gasteiger partial charge is 0.481 e. The van der Waals surface area contributed by atoms with Crippen LogP contribution in [-0.4, -0.2) is 65.8 Å². The second-order valence-electron chi connectivity index (χ2n) is 8.29. The number of carboxylic acid groups (broad SMARTS) is 3. The van der Waals surface area contributed by atoms with Gasteiger partial charge in [-0.05, 0) is 6.42 Å². The van der Waals surface area contributed by atoms with Crippen LogP contribution in [0.25, 0.3) is 0 Å². The summed E-state index contributed by atoms with van der Waals surface area (Å²) < 4.78 is 37.0. The molecule has 0 amide bonds. The van der Waals surface area contributed by atoms with E-state index < -0.39 is 71.5 Å². The first-order valence-corrected chi connectivity index (χ1v) is 13.2. The van der Waals surface area contributed by atoms with Crippen molar-refractivity contribution in [2.45, 2.75) is 102 Å². The molecule has 0 fully saturated rings. The van der Waals surface area contributed by atoms with Crippen molar-refractivity contribution in [1.82, 2.24) is 0 Å². The van der Waals surface area contributed by atoms with Crippen molar-refractivity contribution < 1.29 is 60.8 Å². The van der Waals surface area contributed by atoms with Crippen molar-refractivity contribution in [3.05, 3.63) is 0 Å². The molecule has 14 heteroatoms. The van der Waals surface area contributed by atoms with Crippen LogP contribution in [-0.2, 0) is 47.5 Å². The first-order chi connectivity index (χ1) is 16.8. The van der Waals surface area contributed by atoms with Gasteiger partial charge in [-0.15, -0.1) is 0 Å². The zero-order chi connectivity index (χ0) is 27.6. The van der Waals surface area contributed by atoms with Crippen molar-refractivity contribution in [2.75, 3.05) is 6.61 Å². The standard InChI is InChI=1S/C22H36O13S/c1-2-3-4-5-6-7-8-9-10-11-14-33-19(27)12-13-20(28)34-36(31,32)35-22(21(29)30,15-17(23)24)16-18(25)26/h2-16H2,1H3,(H,23,24)(H,25,26)(H,29,30). The maximum Gasteiger partial charge on any atom is 0.452 e. The van der Waals surface area contributed by atoms with Crippen molar-refractivity contribution >= 4 is 40.2 Å². The number of rotatable bonds is 22. The molecule has 0 aliphatic rings. The molecule has 0 saturated heterocycles. The summed E-state index contributed by atoms with van der Waals surface area (Å²) in [5.41, 5.74) is -3.25. The first kappa shape index (κ1) is 33.3. The van der Waals surface area contributed by atoms with Gasteiger partial charge in [0.1, 0.15) is 0 Å². The molecule has 0 aromatic heterocycles. The first-order valence-electron chi connectivity index (χ1n) is 11.8. The quantitative estimate of drug-likeness (QED) is 0.133. The van der Waals surface area contributed by atoms with Gasteiger partial charge in [-0.2, -0.15) is 8.42 Å². The van der Waals surface area contributed by atoms with Gasteiger partial charge in [0, 0.05) is 0 Å². The van der Waals surface area contributed by atoms with Crippen LogP contribution in [0.4, 0.5) is 0 Å². The third kappa shape index (κ3) is 16.0. The van der Waals surface area contributed by atoms with E-state index in [-0.39, 0.29) is 6.61 Å². The Morgan fingerprint density at radius 3 is 1.58 bits per heavy atom. The Bertz CT molecular complexity index is 819. The van der Waals surface area contributed by atoms with Crippen LogP contribution in [0.1, 0.15) is 96.8 Å². The van der Waals surface area contributed by atoms with Crippen molar-refractivity contribution in [1.29, 1.82) is 0 Å². The number of ether oxygens (including phenoxy) is 1. The lowest BCUT2D eigenvalue weighted by Gasteiger charge is -2.24. The van der Waals surface area contributed by atoms with E-state index in [1.54, 1.807) is 0 Å². The summed E-state index contributed by atoms with van der Waals surface area (Å²) >= 11 is 0. The van der Waals surface area contributed by atoms with Crippen LogP contribution in [0, 0.1) is 0 Å². The number of aliphatic carboxylic acids is 3. The fourth-order valence-electron chi connectivity index (χ4n) is 3.22. The van der Waals surface area contributed by atoms with Gasteiger partial charge in [-0.3, -0.25) is 19.2 Å². The minimum absolute atomic E-state index is 0.136. The molecule has 0 atom stereocenters. The molecule has 13 nitrogen and oxygen atoms in total. The zero-order valence-corrected chi connectivity index (χ0v) is 21.3. The Hall–Kier alpha value is -2.74. The van der Waals surface area contributed by atoms with Gasteiger partial charge in [0.15, 0.2) is 0 Å². The SMILES string of the molecule is CCCCCCCCCCCCOC(=O)CCC(=O)OS(=O)(=O)OC(CC(=O)O)(CC(=O)O)C(=O)O. The van der Waals surface area contributed by atoms with E-state index in [9.17, 15) is 37.5 Å². The fraction of sp³-hybridized carbons (Fsp3) is 0.773. The number of hydrogen-bond acceptors (Lipinski definition) is 10. The summed E-state index contributed by atoms with van der Waals surface area (Å²) in [7, 11) is -5.47. The molecule has 0 saturated carbocycles. The highest BCUT2D eigenvalue weighted by molar-refractivity contribution is 7.82. The molecule has 0 rings (SSSR count). The summed E-state index contributed by atoms with van der Waals surface area (Å²) in [4.78, 5) is 56.7. The van der Waals surface area contributed by atoms with Crippen LogP contribution in [0.3, 0.4) is 0 Å². The number of hydrogen-bond donors (Lipinski definition) is 3. The molecule has 208 valence electrons. The molecule has 0 heterocycles. The second-order valence-corrected chi connectivity index (χ2v) is 9.44. The second kappa shape index (κ2) is 17.7. The van der Waals surface area contributed by atoms with Crippen LogP contribution < -0.4 is 0 Å². The lowest BCUT2D eigenvalue weighted by molar-refractivity contribution is -0.167. The lowest BCUT2D eigenvalue weighted by atomic mass is 9.96. The van der Waals surface area contributed by atoms with Crippen molar-refractivity contribution in [2.24, 2.45) is 0 Å². The highest BCUT2D eigenvalue weighted by Gasteiger charge is 2.49. The summed E-state index contributed by atoms with van der Waals surface area (Å²) in [6.45, 7) is 2.31. The summed E-state index contributed by atoms with van der Waals surface area (Å²) in [6, 6.07) is 0. The molecule has 0 aliphatic carbocycles. The van der Waals surface area contributed by atoms with Gasteiger partial charge in [-0.25, -0.2) is 8.98 Å². The molecular formula is C22H36O13S. The molecule has 0 spiro atoms. The molecule has 0 bridgehead atoms. The minimum Gasteiger partial charge on any atom is -0.481 e. The van der Waals surface area contributed by atoms with E-state index in [0.717, 1.165) is 19.3 Å². The number of esters is 1. The number of carbonyl (C=O) groups excluding carboxylic acids is 2. The summed E-state index contributed by atoms with van der Waals surface area (Å²) in [6.07, 6.45) is 6.61. The molecular weight excluding hydrogens is 504 g/mol. The van der Waals surface area contributed by atoms with E-state index in [1.807, 2.05) is 0 Å². The van der Waals surface area contributed by atoms with Crippen LogP contribution in [0.2, 0.25) is 0 Å². The van der Waals surface area contributed by atoms with Crippen molar-refractivity contribution in [3.63, 3.8) is 0 Å². The van der Waals surface area contributed by atoms with E-state index in [1.165, 1.54) is 38.5 Å². The average Bonchev–Trinajstić information content (AvgIpc) is 2.74. The van der Waals surface area contributed by atoms with Gasteiger partial charge < -0.3 is 24.2 Å². The number of unbranched alkanes of at least 4 members (excludes halogenated alkanes) is 9. The van der Waals surface area contributed by atoms with E-state index in [0.29, 0.717) is 6.42 Å². The van der Waals surface area contributed by atoms with Gasteiger partial charge >= 0.3 is 40.2 Å². The smallest absolute Gasteiger partial charge is 0.452 e. The Morgan fingerprint density at radius 1 is 0.694 bits per heavy atom. The van der Waals surface area contributed by atoms with Gasteiger partial charge in [0.2, 0.25) is 5.60 Å². The maximum atomic E-state index is 11.9. The van der Waals surface area contributed by atoms with Crippen LogP contribution in [0.5, 0.6) is 0 Å². The molecule has 0 radical (unpaired) electrons. The zero-order valence-electron chi connectivity index (χ0n) is 20.4. The van der Waals surface area contributed by atoms with Crippen LogP contribution in [0.15, 0.2) is 0 Å². The molecule has 36 heavy (non-hydrogen) atoms. The van der Waals surface area contributed by atoms with Gasteiger partial charge in [0.25, 0.3) is 0 Å². The Labute approximate surface area is 210 Å². The molecule has 0 aromatic rings. The molecule has 0 aromatic carbocycles. The van der Waals surface area contributed by atoms with Crippen LogP contribution >= 0.6 is 0 Å². The Morgan fingerprint density at radius 2 is 1.14 bits per heavy atom. The summed E-state index contributed by atoms with van der Waals surface area (Å²) in [5, 5.41) is 26.8. The van der Waals surface area contributed by atoms with Gasteiger partial charge in [-0.1, -0.05) is 64.7 Å². The molecule has 3 N–H and O–H groups in total. The topological polar surface area (TPSA) is 208 Å². The van der Waals surface area contributed by atoms with Crippen molar-refractivity contribution in [3.8, 4) is 0 Å². The summed E-state index contributed by atoms with van der Waals surface area (Å²) in [5.74, 6) is -8.23. The predicted molar refractivity (Wildman–Crippen MR) is 123 cm³/mol. The van der Waals surface area contributed by atoms with E-state index in [4.69, 9.17) is 14.9 Å². The lowest BCUT2D eigenvalue weighted by Crippen LogP contribution is -2.47. The third-order valence-corrected chi connectivity index (χ3v) is 5.93.